The van der Waals surface area contributed by atoms with E-state index in [4.69, 9.17) is 4.74 Å². The highest BCUT2D eigenvalue weighted by molar-refractivity contribution is 5.93. The predicted octanol–water partition coefficient (Wildman–Crippen LogP) is 3.74. The molecule has 1 saturated heterocycles. The van der Waals surface area contributed by atoms with Crippen LogP contribution in [0, 0.1) is 11.3 Å². The molecule has 29 heavy (non-hydrogen) atoms. The summed E-state index contributed by atoms with van der Waals surface area (Å²) >= 11 is 0. The van der Waals surface area contributed by atoms with Crippen LogP contribution in [0.4, 0.5) is 16.4 Å². The largest absolute Gasteiger partial charge is 0.444 e. The molecule has 0 aromatic carbocycles. The number of nitrogens with zero attached hydrogens (tertiary/aromatic N) is 4. The first-order chi connectivity index (χ1) is 13.6. The minimum Gasteiger partial charge on any atom is -0.444 e. The van der Waals surface area contributed by atoms with Crippen LogP contribution in [0.15, 0.2) is 18.3 Å². The fourth-order valence-electron chi connectivity index (χ4n) is 3.25. The molecule has 0 saturated carbocycles. The molecule has 8 heteroatoms. The third kappa shape index (κ3) is 5.25. The second kappa shape index (κ2) is 8.11. The van der Waals surface area contributed by atoms with Gasteiger partial charge in [-0.2, -0.15) is 5.26 Å². The summed E-state index contributed by atoms with van der Waals surface area (Å²) in [6.07, 6.45) is 2.28. The van der Waals surface area contributed by atoms with Crippen molar-refractivity contribution < 1.29 is 9.53 Å². The molecule has 0 spiro atoms. The van der Waals surface area contributed by atoms with Crippen LogP contribution in [-0.4, -0.2) is 51.7 Å². The summed E-state index contributed by atoms with van der Waals surface area (Å²) in [7, 11) is 0. The van der Waals surface area contributed by atoms with Crippen LogP contribution in [0.2, 0.25) is 0 Å². The number of hydrogen-bond donors (Lipinski definition) is 2. The number of pyridine rings is 2. The fraction of sp³-hybridized carbons (Fsp3) is 0.524. The van der Waals surface area contributed by atoms with Crippen molar-refractivity contribution >= 4 is 28.5 Å². The molecule has 0 radical (unpaired) electrons. The Labute approximate surface area is 171 Å². The molecule has 8 nitrogen and oxygen atoms in total. The quantitative estimate of drug-likeness (QED) is 0.811. The van der Waals surface area contributed by atoms with E-state index < -0.39 is 5.60 Å². The van der Waals surface area contributed by atoms with Crippen molar-refractivity contribution in [3.05, 3.63) is 24.0 Å². The van der Waals surface area contributed by atoms with Crippen molar-refractivity contribution in [2.45, 2.75) is 58.7 Å². The number of carbonyl (C=O) groups is 1. The van der Waals surface area contributed by atoms with Crippen molar-refractivity contribution in [1.29, 1.82) is 5.26 Å². The number of hydrogen-bond acceptors (Lipinski definition) is 7. The molecule has 1 aliphatic rings. The van der Waals surface area contributed by atoms with E-state index in [0.29, 0.717) is 30.4 Å². The number of ether oxygens (including phenoxy) is 1. The molecule has 2 aromatic heterocycles. The lowest BCUT2D eigenvalue weighted by Gasteiger charge is -2.24. The fourth-order valence-corrected chi connectivity index (χ4v) is 3.25. The Morgan fingerprint density at radius 2 is 2.14 bits per heavy atom. The molecule has 0 aliphatic carbocycles. The third-order valence-electron chi connectivity index (χ3n) is 4.45. The maximum absolute atomic E-state index is 12.3. The van der Waals surface area contributed by atoms with Crippen LogP contribution in [0.5, 0.6) is 0 Å². The molecule has 2 N–H and O–H groups in total. The minimum atomic E-state index is -0.502. The minimum absolute atomic E-state index is 0.0975. The molecule has 154 valence electrons. The highest BCUT2D eigenvalue weighted by Gasteiger charge is 2.30. The van der Waals surface area contributed by atoms with Crippen LogP contribution < -0.4 is 10.6 Å². The summed E-state index contributed by atoms with van der Waals surface area (Å²) in [6, 6.07) is 6.04. The molecule has 1 atom stereocenters. The lowest BCUT2D eigenvalue weighted by Crippen LogP contribution is -2.36. The van der Waals surface area contributed by atoms with Gasteiger partial charge in [0.2, 0.25) is 0 Å². The molecule has 1 amide bonds. The van der Waals surface area contributed by atoms with Gasteiger partial charge in [-0.05, 0) is 53.2 Å². The number of carbonyl (C=O) groups excluding carboxylic acids is 1. The van der Waals surface area contributed by atoms with E-state index in [9.17, 15) is 10.1 Å². The first kappa shape index (κ1) is 20.6. The zero-order valence-electron chi connectivity index (χ0n) is 17.6. The smallest absolute Gasteiger partial charge is 0.410 e. The van der Waals surface area contributed by atoms with Gasteiger partial charge in [0.25, 0.3) is 0 Å². The second-order valence-electron chi connectivity index (χ2n) is 8.61. The van der Waals surface area contributed by atoms with Crippen molar-refractivity contribution in [2.75, 3.05) is 23.7 Å². The van der Waals surface area contributed by atoms with Crippen molar-refractivity contribution in [2.24, 2.45) is 0 Å². The molecular formula is C21H28N6O2. The van der Waals surface area contributed by atoms with Gasteiger partial charge in [0, 0.05) is 42.1 Å². The summed E-state index contributed by atoms with van der Waals surface area (Å²) in [5, 5.41) is 17.7. The van der Waals surface area contributed by atoms with E-state index >= 15 is 0 Å². The number of nitriles is 1. The van der Waals surface area contributed by atoms with Gasteiger partial charge in [-0.3, -0.25) is 0 Å². The maximum atomic E-state index is 12.3. The Morgan fingerprint density at radius 3 is 2.79 bits per heavy atom. The van der Waals surface area contributed by atoms with Crippen LogP contribution >= 0.6 is 0 Å². The normalized spacial score (nSPS) is 16.7. The summed E-state index contributed by atoms with van der Waals surface area (Å²) in [5.74, 6) is 1.38. The van der Waals surface area contributed by atoms with Crippen LogP contribution in [0.3, 0.4) is 0 Å². The van der Waals surface area contributed by atoms with Gasteiger partial charge < -0.3 is 20.3 Å². The number of likely N-dealkylation sites (tertiary alicyclic amines) is 1. The van der Waals surface area contributed by atoms with E-state index in [1.807, 2.05) is 40.7 Å². The first-order valence-electron chi connectivity index (χ1n) is 9.86. The van der Waals surface area contributed by atoms with Crippen LogP contribution in [-0.2, 0) is 4.74 Å². The second-order valence-corrected chi connectivity index (χ2v) is 8.61. The highest BCUT2D eigenvalue weighted by Crippen LogP contribution is 2.26. The maximum Gasteiger partial charge on any atom is 0.410 e. The van der Waals surface area contributed by atoms with E-state index in [1.54, 1.807) is 17.2 Å². The van der Waals surface area contributed by atoms with Gasteiger partial charge in [0.1, 0.15) is 29.0 Å². The SMILES string of the molecule is CC(C)Nc1nc(C#N)cc2cnc(NC3CCN(C(=O)OC(C)(C)C)C3)cc12. The summed E-state index contributed by atoms with van der Waals surface area (Å²) in [5.41, 5.74) is -0.149. The van der Waals surface area contributed by atoms with Gasteiger partial charge in [-0.1, -0.05) is 0 Å². The van der Waals surface area contributed by atoms with Gasteiger partial charge in [-0.25, -0.2) is 14.8 Å². The Bertz CT molecular complexity index is 945. The van der Waals surface area contributed by atoms with Gasteiger partial charge >= 0.3 is 6.09 Å². The van der Waals surface area contributed by atoms with E-state index in [0.717, 1.165) is 17.2 Å². The Kier molecular flexibility index (Phi) is 5.78. The van der Waals surface area contributed by atoms with Gasteiger partial charge in [0.15, 0.2) is 0 Å². The zero-order chi connectivity index (χ0) is 21.2. The molecule has 3 rings (SSSR count). The average molecular weight is 396 g/mol. The monoisotopic (exact) mass is 396 g/mol. The first-order valence-corrected chi connectivity index (χ1v) is 9.86. The number of rotatable bonds is 4. The van der Waals surface area contributed by atoms with E-state index in [-0.39, 0.29) is 18.2 Å². The molecule has 0 bridgehead atoms. The molecule has 1 aliphatic heterocycles. The lowest BCUT2D eigenvalue weighted by molar-refractivity contribution is 0.0293. The van der Waals surface area contributed by atoms with Crippen molar-refractivity contribution in [3.63, 3.8) is 0 Å². The highest BCUT2D eigenvalue weighted by atomic mass is 16.6. The summed E-state index contributed by atoms with van der Waals surface area (Å²) in [4.78, 5) is 22.9. The van der Waals surface area contributed by atoms with Crippen molar-refractivity contribution in [1.82, 2.24) is 14.9 Å². The van der Waals surface area contributed by atoms with Gasteiger partial charge in [0.05, 0.1) is 0 Å². The standard InChI is InChI=1S/C21H28N6O2/c1-13(2)24-19-17-9-18(23-11-14(17)8-16(10-22)26-19)25-15-6-7-27(12-15)20(28)29-21(3,4)5/h8-9,11,13,15H,6-7,12H2,1-5H3,(H,23,25)(H,24,26). The number of nitrogens with one attached hydrogen (secondary N) is 2. The topological polar surface area (TPSA) is 103 Å². The third-order valence-corrected chi connectivity index (χ3v) is 4.45. The lowest BCUT2D eigenvalue weighted by atomic mass is 10.1. The van der Waals surface area contributed by atoms with E-state index in [1.165, 1.54) is 0 Å². The van der Waals surface area contributed by atoms with Crippen LogP contribution in [0.1, 0.15) is 46.7 Å². The molecular weight excluding hydrogens is 368 g/mol. The number of fused-ring (bicyclic) bond motifs is 1. The molecule has 1 unspecified atom stereocenters. The van der Waals surface area contributed by atoms with E-state index in [2.05, 4.69) is 26.7 Å². The zero-order valence-corrected chi connectivity index (χ0v) is 17.6. The summed E-state index contributed by atoms with van der Waals surface area (Å²) in [6.45, 7) is 10.9. The Hall–Kier alpha value is -3.08. The van der Waals surface area contributed by atoms with Crippen molar-refractivity contribution in [3.8, 4) is 6.07 Å². The Morgan fingerprint density at radius 1 is 1.38 bits per heavy atom. The Balaban J connectivity index is 1.76. The number of aromatic nitrogens is 2. The number of anilines is 2. The average Bonchev–Trinajstić information content (AvgIpc) is 3.08. The number of amides is 1. The predicted molar refractivity (Wildman–Crippen MR) is 113 cm³/mol. The van der Waals surface area contributed by atoms with Crippen LogP contribution in [0.25, 0.3) is 10.8 Å². The van der Waals surface area contributed by atoms with Gasteiger partial charge in [-0.15, -0.1) is 0 Å². The molecule has 2 aromatic rings. The molecule has 1 fully saturated rings. The summed E-state index contributed by atoms with van der Waals surface area (Å²) < 4.78 is 5.45. The molecule has 3 heterocycles.